The first-order chi connectivity index (χ1) is 6.40. The predicted octanol–water partition coefficient (Wildman–Crippen LogP) is 2.62. The highest BCUT2D eigenvalue weighted by Crippen LogP contribution is 2.57. The van der Waals surface area contributed by atoms with Crippen LogP contribution in [-0.2, 0) is 4.74 Å². The van der Waals surface area contributed by atoms with E-state index in [0.717, 1.165) is 30.3 Å². The Morgan fingerprint density at radius 2 is 2.23 bits per heavy atom. The average Bonchev–Trinajstić information content (AvgIpc) is 2.72. The molecule has 0 aliphatic heterocycles. The Hall–Kier alpha value is -0.300. The molecule has 0 aromatic heterocycles. The summed E-state index contributed by atoms with van der Waals surface area (Å²) in [5.41, 5.74) is 0. The minimum absolute atomic E-state index is 0.596. The Kier molecular flexibility index (Phi) is 1.76. The lowest BCUT2D eigenvalue weighted by Gasteiger charge is -2.30. The lowest BCUT2D eigenvalue weighted by atomic mass is 9.80. The molecule has 1 nitrogen and oxygen atoms in total. The number of rotatable bonds is 2. The Morgan fingerprint density at radius 1 is 1.31 bits per heavy atom. The van der Waals surface area contributed by atoms with Crippen LogP contribution in [0.5, 0.6) is 0 Å². The molecule has 72 valence electrons. The van der Waals surface area contributed by atoms with E-state index in [-0.39, 0.29) is 0 Å². The number of hydrogen-bond donors (Lipinski definition) is 0. The van der Waals surface area contributed by atoms with Gasteiger partial charge in [-0.25, -0.2) is 0 Å². The summed E-state index contributed by atoms with van der Waals surface area (Å²) in [7, 11) is 0. The van der Waals surface area contributed by atoms with Crippen LogP contribution in [0.25, 0.3) is 0 Å². The molecular weight excluding hydrogens is 160 g/mol. The van der Waals surface area contributed by atoms with E-state index in [1.54, 1.807) is 0 Å². The third-order valence-electron chi connectivity index (χ3n) is 4.33. The van der Waals surface area contributed by atoms with Gasteiger partial charge >= 0.3 is 0 Å². The van der Waals surface area contributed by atoms with Gasteiger partial charge in [0.25, 0.3) is 0 Å². The van der Waals surface area contributed by atoms with Crippen molar-refractivity contribution >= 4 is 0 Å². The summed E-state index contributed by atoms with van der Waals surface area (Å²) in [6.45, 7) is 3.02. The van der Waals surface area contributed by atoms with Crippen LogP contribution < -0.4 is 0 Å². The maximum absolute atomic E-state index is 5.81. The topological polar surface area (TPSA) is 9.23 Å². The van der Waals surface area contributed by atoms with Gasteiger partial charge in [0.15, 0.2) is 0 Å². The van der Waals surface area contributed by atoms with Gasteiger partial charge in [0.05, 0.1) is 6.10 Å². The third-order valence-corrected chi connectivity index (χ3v) is 4.33. The zero-order valence-electron chi connectivity index (χ0n) is 8.28. The van der Waals surface area contributed by atoms with Gasteiger partial charge in [0.2, 0.25) is 0 Å². The molecule has 0 aromatic carbocycles. The van der Waals surface area contributed by atoms with Crippen molar-refractivity contribution in [1.82, 2.24) is 0 Å². The van der Waals surface area contributed by atoms with E-state index < -0.39 is 0 Å². The summed E-state index contributed by atoms with van der Waals surface area (Å²) in [5, 5.41) is 0. The summed E-state index contributed by atoms with van der Waals surface area (Å²) in [6, 6.07) is 0. The van der Waals surface area contributed by atoms with Crippen molar-refractivity contribution in [3.05, 3.63) is 12.2 Å². The number of ether oxygens (including phenoxy) is 1. The van der Waals surface area contributed by atoms with Gasteiger partial charge in [-0.2, -0.15) is 0 Å². The quantitative estimate of drug-likeness (QED) is 0.591. The molecule has 0 spiro atoms. The van der Waals surface area contributed by atoms with Gasteiger partial charge in [0, 0.05) is 6.61 Å². The van der Waals surface area contributed by atoms with Gasteiger partial charge in [-0.1, -0.05) is 12.2 Å². The minimum Gasteiger partial charge on any atom is -0.378 e. The second-order valence-corrected chi connectivity index (χ2v) is 4.79. The van der Waals surface area contributed by atoms with E-state index in [4.69, 9.17) is 4.74 Å². The fraction of sp³-hybridized carbons (Fsp3) is 0.833. The Bertz CT molecular complexity index is 233. The lowest BCUT2D eigenvalue weighted by Crippen LogP contribution is -2.30. The summed E-state index contributed by atoms with van der Waals surface area (Å²) < 4.78 is 5.81. The van der Waals surface area contributed by atoms with Crippen molar-refractivity contribution in [3.63, 3.8) is 0 Å². The zero-order chi connectivity index (χ0) is 8.84. The van der Waals surface area contributed by atoms with Crippen molar-refractivity contribution in [3.8, 4) is 0 Å². The standard InChI is InChI=1S/C12H18O/c1-2-13-12-7-8-6-11(12)10-5-3-4-9(8)10/h3,5,8-12H,2,4,6-7H2,1H3/t8-,9+,10+,11-,12?/m1/s1. The summed E-state index contributed by atoms with van der Waals surface area (Å²) in [4.78, 5) is 0. The predicted molar refractivity (Wildman–Crippen MR) is 52.4 cm³/mol. The maximum Gasteiger partial charge on any atom is 0.0611 e. The van der Waals surface area contributed by atoms with Crippen LogP contribution in [0.4, 0.5) is 0 Å². The van der Waals surface area contributed by atoms with Crippen LogP contribution in [0, 0.1) is 23.7 Å². The van der Waals surface area contributed by atoms with Crippen LogP contribution in [0.15, 0.2) is 12.2 Å². The average molecular weight is 178 g/mol. The van der Waals surface area contributed by atoms with E-state index in [1.165, 1.54) is 19.3 Å². The number of allylic oxidation sites excluding steroid dienone is 2. The van der Waals surface area contributed by atoms with E-state index in [0.29, 0.717) is 6.10 Å². The second-order valence-electron chi connectivity index (χ2n) is 4.79. The molecule has 2 fully saturated rings. The highest BCUT2D eigenvalue weighted by molar-refractivity contribution is 5.14. The smallest absolute Gasteiger partial charge is 0.0611 e. The van der Waals surface area contributed by atoms with Gasteiger partial charge < -0.3 is 4.74 Å². The monoisotopic (exact) mass is 178 g/mol. The largest absolute Gasteiger partial charge is 0.378 e. The molecule has 13 heavy (non-hydrogen) atoms. The van der Waals surface area contributed by atoms with Crippen molar-refractivity contribution in [2.75, 3.05) is 6.61 Å². The first kappa shape index (κ1) is 8.05. The van der Waals surface area contributed by atoms with Crippen LogP contribution in [0.3, 0.4) is 0 Å². The van der Waals surface area contributed by atoms with Gasteiger partial charge in [-0.05, 0) is 49.9 Å². The first-order valence-electron chi connectivity index (χ1n) is 5.68. The Labute approximate surface area is 80.2 Å². The number of hydrogen-bond acceptors (Lipinski definition) is 1. The Balaban J connectivity index is 1.77. The van der Waals surface area contributed by atoms with E-state index in [1.807, 2.05) is 0 Å². The highest BCUT2D eigenvalue weighted by Gasteiger charge is 2.52. The zero-order valence-corrected chi connectivity index (χ0v) is 8.28. The molecule has 3 aliphatic carbocycles. The first-order valence-corrected chi connectivity index (χ1v) is 5.68. The molecule has 0 heterocycles. The molecule has 5 atom stereocenters. The van der Waals surface area contributed by atoms with Crippen LogP contribution in [0.1, 0.15) is 26.2 Å². The summed E-state index contributed by atoms with van der Waals surface area (Å²) in [6.07, 6.45) is 9.60. The van der Waals surface area contributed by atoms with E-state index in [2.05, 4.69) is 19.1 Å². The normalized spacial score (nSPS) is 51.6. The third kappa shape index (κ3) is 1.03. The molecule has 1 unspecified atom stereocenters. The second kappa shape index (κ2) is 2.84. The van der Waals surface area contributed by atoms with Crippen molar-refractivity contribution < 1.29 is 4.74 Å². The molecule has 3 rings (SSSR count). The van der Waals surface area contributed by atoms with Gasteiger partial charge in [-0.15, -0.1) is 0 Å². The van der Waals surface area contributed by atoms with E-state index in [9.17, 15) is 0 Å². The molecule has 2 bridgehead atoms. The SMILES string of the molecule is CCOC1C[C@H]2C[C@@H]1[C@H]1C=CC[C@@H]21. The summed E-state index contributed by atoms with van der Waals surface area (Å²) in [5.74, 6) is 3.74. The molecule has 0 saturated heterocycles. The molecule has 0 aromatic rings. The van der Waals surface area contributed by atoms with Crippen LogP contribution in [0.2, 0.25) is 0 Å². The Morgan fingerprint density at radius 3 is 3.08 bits per heavy atom. The fourth-order valence-corrected chi connectivity index (χ4v) is 3.89. The van der Waals surface area contributed by atoms with Gasteiger partial charge in [0.1, 0.15) is 0 Å². The van der Waals surface area contributed by atoms with Crippen molar-refractivity contribution in [1.29, 1.82) is 0 Å². The molecular formula is C12H18O. The highest BCUT2D eigenvalue weighted by atomic mass is 16.5. The molecule has 0 radical (unpaired) electrons. The maximum atomic E-state index is 5.81. The van der Waals surface area contributed by atoms with Crippen LogP contribution >= 0.6 is 0 Å². The van der Waals surface area contributed by atoms with Gasteiger partial charge in [-0.3, -0.25) is 0 Å². The molecule has 0 amide bonds. The molecule has 1 heteroatoms. The molecule has 0 N–H and O–H groups in total. The van der Waals surface area contributed by atoms with Crippen molar-refractivity contribution in [2.24, 2.45) is 23.7 Å². The number of fused-ring (bicyclic) bond motifs is 5. The minimum atomic E-state index is 0.596. The van der Waals surface area contributed by atoms with Crippen LogP contribution in [-0.4, -0.2) is 12.7 Å². The lowest BCUT2D eigenvalue weighted by molar-refractivity contribution is 0.00243. The summed E-state index contributed by atoms with van der Waals surface area (Å²) >= 11 is 0. The van der Waals surface area contributed by atoms with Crippen molar-refractivity contribution in [2.45, 2.75) is 32.3 Å². The molecule has 3 aliphatic rings. The van der Waals surface area contributed by atoms with E-state index >= 15 is 0 Å². The fourth-order valence-electron chi connectivity index (χ4n) is 3.89. The molecule has 2 saturated carbocycles.